The lowest BCUT2D eigenvalue weighted by Crippen LogP contribution is -2.28. The van der Waals surface area contributed by atoms with Gasteiger partial charge in [0.05, 0.1) is 25.6 Å². The molecule has 4 rings (SSSR count). The first-order chi connectivity index (χ1) is 14.0. The van der Waals surface area contributed by atoms with Crippen molar-refractivity contribution in [2.24, 2.45) is 5.92 Å². The van der Waals surface area contributed by atoms with Gasteiger partial charge < -0.3 is 25.4 Å². The minimum atomic E-state index is -0.795. The Labute approximate surface area is 172 Å². The number of aliphatic hydroxyl groups excluding tert-OH is 2. The molecule has 4 atom stereocenters. The molecule has 0 bridgehead atoms. The molecule has 0 spiro atoms. The third-order valence-corrected chi connectivity index (χ3v) is 5.35. The van der Waals surface area contributed by atoms with Crippen LogP contribution in [0.25, 0.3) is 11.2 Å². The fourth-order valence-electron chi connectivity index (χ4n) is 3.44. The summed E-state index contributed by atoms with van der Waals surface area (Å²) in [6.07, 6.45) is 0.202. The summed E-state index contributed by atoms with van der Waals surface area (Å²) in [6, 6.07) is 7.65. The third kappa shape index (κ3) is 3.86. The van der Waals surface area contributed by atoms with Crippen molar-refractivity contribution in [3.63, 3.8) is 0 Å². The Kier molecular flexibility index (Phi) is 5.55. The lowest BCUT2D eigenvalue weighted by atomic mass is 10.0. The fourth-order valence-corrected chi connectivity index (χ4v) is 3.57. The number of hydrogen-bond donors (Lipinski definition) is 3. The Balaban J connectivity index is 1.54. The molecule has 1 aromatic carbocycles. The minimum Gasteiger partial charge on any atom is -0.463 e. The van der Waals surface area contributed by atoms with E-state index >= 15 is 0 Å². The van der Waals surface area contributed by atoms with Crippen molar-refractivity contribution in [1.82, 2.24) is 19.5 Å². The molecule has 10 heteroatoms. The van der Waals surface area contributed by atoms with Crippen molar-refractivity contribution >= 4 is 28.6 Å². The fraction of sp³-hybridized carbons (Fsp3) is 0.421. The number of nitrogen functional groups attached to an aromatic ring is 1. The molecule has 1 aliphatic rings. The third-order valence-electron chi connectivity index (χ3n) is 5.10. The average molecular weight is 420 g/mol. The van der Waals surface area contributed by atoms with Crippen molar-refractivity contribution < 1.29 is 19.7 Å². The quantitative estimate of drug-likeness (QED) is 0.549. The first-order valence-electron chi connectivity index (χ1n) is 9.29. The number of fused-ring (bicyclic) bond motifs is 1. The molecular weight excluding hydrogens is 398 g/mol. The number of imidazole rings is 1. The maximum Gasteiger partial charge on any atom is 0.320 e. The predicted molar refractivity (Wildman–Crippen MR) is 107 cm³/mol. The number of anilines is 1. The smallest absolute Gasteiger partial charge is 0.320 e. The second-order valence-electron chi connectivity index (χ2n) is 7.04. The van der Waals surface area contributed by atoms with Gasteiger partial charge in [0.2, 0.25) is 0 Å². The van der Waals surface area contributed by atoms with Gasteiger partial charge in [-0.25, -0.2) is 4.98 Å². The van der Waals surface area contributed by atoms with Crippen LogP contribution in [0.3, 0.4) is 0 Å². The van der Waals surface area contributed by atoms with Gasteiger partial charge >= 0.3 is 6.01 Å². The lowest BCUT2D eigenvalue weighted by Gasteiger charge is -2.17. The zero-order valence-corrected chi connectivity index (χ0v) is 16.5. The summed E-state index contributed by atoms with van der Waals surface area (Å²) in [6.45, 7) is 1.93. The second kappa shape index (κ2) is 8.11. The molecule has 154 valence electrons. The van der Waals surface area contributed by atoms with Crippen molar-refractivity contribution in [3.8, 4) is 6.01 Å². The molecule has 0 aliphatic carbocycles. The van der Waals surface area contributed by atoms with Gasteiger partial charge in [0.25, 0.3) is 0 Å². The van der Waals surface area contributed by atoms with E-state index in [1.165, 1.54) is 0 Å². The van der Waals surface area contributed by atoms with Gasteiger partial charge in [0.15, 0.2) is 17.0 Å². The summed E-state index contributed by atoms with van der Waals surface area (Å²) in [7, 11) is 0. The van der Waals surface area contributed by atoms with Crippen LogP contribution in [0.5, 0.6) is 6.01 Å². The van der Waals surface area contributed by atoms with E-state index in [-0.39, 0.29) is 24.4 Å². The number of aromatic nitrogens is 4. The maximum absolute atomic E-state index is 10.2. The summed E-state index contributed by atoms with van der Waals surface area (Å²) < 4.78 is 13.2. The zero-order chi connectivity index (χ0) is 20.5. The highest BCUT2D eigenvalue weighted by Gasteiger charge is 2.42. The van der Waals surface area contributed by atoms with Gasteiger partial charge in [-0.05, 0) is 17.7 Å². The summed E-state index contributed by atoms with van der Waals surface area (Å²) in [5, 5.41) is 20.3. The first kappa shape index (κ1) is 19.8. The Morgan fingerprint density at radius 2 is 2.03 bits per heavy atom. The molecule has 4 N–H and O–H groups in total. The van der Waals surface area contributed by atoms with Gasteiger partial charge in [-0.15, -0.1) is 0 Å². The van der Waals surface area contributed by atoms with Crippen LogP contribution in [0.1, 0.15) is 18.7 Å². The van der Waals surface area contributed by atoms with Crippen molar-refractivity contribution in [1.29, 1.82) is 0 Å². The zero-order valence-electron chi connectivity index (χ0n) is 15.8. The summed E-state index contributed by atoms with van der Waals surface area (Å²) in [4.78, 5) is 12.9. The van der Waals surface area contributed by atoms with Crippen LogP contribution in [0, 0.1) is 5.92 Å². The van der Waals surface area contributed by atoms with E-state index in [2.05, 4.69) is 15.0 Å². The topological polar surface area (TPSA) is 129 Å². The van der Waals surface area contributed by atoms with Crippen molar-refractivity contribution in [2.45, 2.75) is 31.8 Å². The number of halogens is 1. The highest BCUT2D eigenvalue weighted by Crippen LogP contribution is 2.36. The van der Waals surface area contributed by atoms with Gasteiger partial charge in [-0.2, -0.15) is 9.97 Å². The van der Waals surface area contributed by atoms with Crippen LogP contribution >= 0.6 is 11.6 Å². The second-order valence-corrected chi connectivity index (χ2v) is 7.47. The average Bonchev–Trinajstić information content (AvgIpc) is 3.25. The van der Waals surface area contributed by atoms with Gasteiger partial charge in [0, 0.05) is 17.4 Å². The molecule has 0 radical (unpaired) electrons. The standard InChI is InChI=1S/C19H22ClN5O4/c1-10-15(27)13(8-26)29-18(10)25-9-22-14-16(21)23-19(24-17(14)25)28-7-6-11-2-4-12(20)5-3-11/h2-5,9-10,13,15,18,26-27H,6-8H2,1H3,(H2,21,23,24)/t10?,13-,15+,18-/m1/s1. The molecule has 1 saturated heterocycles. The van der Waals surface area contributed by atoms with E-state index in [4.69, 9.17) is 26.8 Å². The molecule has 2 aromatic heterocycles. The predicted octanol–water partition coefficient (Wildman–Crippen LogP) is 1.57. The number of benzene rings is 1. The lowest BCUT2D eigenvalue weighted by molar-refractivity contribution is -0.0447. The normalized spacial score (nSPS) is 24.3. The Morgan fingerprint density at radius 1 is 1.28 bits per heavy atom. The van der Waals surface area contributed by atoms with Crippen LogP contribution in [-0.4, -0.2) is 55.2 Å². The summed E-state index contributed by atoms with van der Waals surface area (Å²) in [5.74, 6) is -0.0739. The van der Waals surface area contributed by atoms with Crippen LogP contribution in [0.2, 0.25) is 5.02 Å². The number of aliphatic hydroxyl groups is 2. The molecular formula is C19H22ClN5O4. The van der Waals surface area contributed by atoms with Crippen LogP contribution < -0.4 is 10.5 Å². The summed E-state index contributed by atoms with van der Waals surface area (Å²) in [5.41, 5.74) is 7.98. The van der Waals surface area contributed by atoms with Gasteiger partial charge in [-0.1, -0.05) is 30.7 Å². The molecule has 3 heterocycles. The molecule has 1 aliphatic heterocycles. The largest absolute Gasteiger partial charge is 0.463 e. The van der Waals surface area contributed by atoms with E-state index in [0.29, 0.717) is 29.2 Å². The molecule has 29 heavy (non-hydrogen) atoms. The van der Waals surface area contributed by atoms with E-state index in [1.54, 1.807) is 10.9 Å². The van der Waals surface area contributed by atoms with E-state index in [9.17, 15) is 10.2 Å². The Morgan fingerprint density at radius 3 is 2.72 bits per heavy atom. The highest BCUT2D eigenvalue weighted by atomic mass is 35.5. The van der Waals surface area contributed by atoms with Gasteiger partial charge in [0.1, 0.15) is 12.3 Å². The molecule has 1 fully saturated rings. The van der Waals surface area contributed by atoms with Crippen molar-refractivity contribution in [3.05, 3.63) is 41.2 Å². The number of ether oxygens (including phenoxy) is 2. The Bertz CT molecular complexity index is 996. The SMILES string of the molecule is CC1[C@H](n2cnc3c(N)nc(OCCc4ccc(Cl)cc4)nc32)O[C@H](CO)[C@H]1O. The van der Waals surface area contributed by atoms with E-state index in [1.807, 2.05) is 31.2 Å². The van der Waals surface area contributed by atoms with Crippen LogP contribution in [-0.2, 0) is 11.2 Å². The van der Waals surface area contributed by atoms with Crippen LogP contribution in [0.4, 0.5) is 5.82 Å². The molecule has 1 unspecified atom stereocenters. The molecule has 0 saturated carbocycles. The molecule has 0 amide bonds. The van der Waals surface area contributed by atoms with Crippen molar-refractivity contribution in [2.75, 3.05) is 18.9 Å². The highest BCUT2D eigenvalue weighted by molar-refractivity contribution is 6.30. The maximum atomic E-state index is 10.2. The monoisotopic (exact) mass is 419 g/mol. The Hall–Kier alpha value is -2.46. The number of nitrogens with two attached hydrogens (primary N) is 1. The van der Waals surface area contributed by atoms with E-state index < -0.39 is 18.4 Å². The van der Waals surface area contributed by atoms with E-state index in [0.717, 1.165) is 5.56 Å². The number of rotatable bonds is 6. The number of hydrogen-bond acceptors (Lipinski definition) is 8. The number of nitrogens with zero attached hydrogens (tertiary/aromatic N) is 4. The first-order valence-corrected chi connectivity index (χ1v) is 9.67. The van der Waals surface area contributed by atoms with Gasteiger partial charge in [-0.3, -0.25) is 4.57 Å². The van der Waals surface area contributed by atoms with Crippen LogP contribution in [0.15, 0.2) is 30.6 Å². The molecule has 9 nitrogen and oxygen atoms in total. The minimum absolute atomic E-state index is 0.135. The summed E-state index contributed by atoms with van der Waals surface area (Å²) >= 11 is 5.90. The molecule has 3 aromatic rings.